The minimum absolute atomic E-state index is 0.331. The number of aromatic nitrogens is 4. The first-order valence-electron chi connectivity index (χ1n) is 14.5. The summed E-state index contributed by atoms with van der Waals surface area (Å²) >= 11 is 0.662. The van der Waals surface area contributed by atoms with Crippen molar-refractivity contribution in [3.8, 4) is 22.8 Å². The van der Waals surface area contributed by atoms with Gasteiger partial charge in [-0.3, -0.25) is 0 Å². The van der Waals surface area contributed by atoms with Gasteiger partial charge >= 0.3 is 264 Å². The first kappa shape index (κ1) is 24.7. The second-order valence-corrected chi connectivity index (χ2v) is 15.6. The molecular formula is C38H20N4Se2. The Labute approximate surface area is 263 Å². The summed E-state index contributed by atoms with van der Waals surface area (Å²) in [5.74, 6) is 1.43. The number of hydrogen-bond donors (Lipinski definition) is 0. The van der Waals surface area contributed by atoms with Crippen LogP contribution in [0.5, 0.6) is 0 Å². The molecule has 10 rings (SSSR count). The van der Waals surface area contributed by atoms with Crippen molar-refractivity contribution in [3.05, 3.63) is 122 Å². The number of fused-ring (bicyclic) bond motifs is 12. The molecule has 0 aliphatic carbocycles. The second kappa shape index (κ2) is 9.40. The van der Waals surface area contributed by atoms with Gasteiger partial charge in [-0.15, -0.1) is 0 Å². The normalized spacial score (nSPS) is 12.1. The summed E-state index contributed by atoms with van der Waals surface area (Å²) in [7, 11) is 0. The Morgan fingerprint density at radius 3 is 1.25 bits per heavy atom. The molecule has 4 heterocycles. The van der Waals surface area contributed by atoms with Gasteiger partial charge in [-0.25, -0.2) is 0 Å². The molecule has 6 heteroatoms. The summed E-state index contributed by atoms with van der Waals surface area (Å²) < 4.78 is 5.69. The van der Waals surface area contributed by atoms with E-state index >= 15 is 0 Å². The summed E-state index contributed by atoms with van der Waals surface area (Å²) in [4.78, 5) is 20.3. The van der Waals surface area contributed by atoms with Crippen LogP contribution in [-0.2, 0) is 0 Å². The molecule has 10 aromatic rings. The monoisotopic (exact) mass is 692 g/mol. The maximum absolute atomic E-state index is 5.23. The molecule has 0 spiro atoms. The molecule has 0 N–H and O–H groups in total. The topological polar surface area (TPSA) is 51.6 Å². The third kappa shape index (κ3) is 3.63. The minimum atomic E-state index is 0.331. The van der Waals surface area contributed by atoms with Gasteiger partial charge in [0.25, 0.3) is 0 Å². The van der Waals surface area contributed by atoms with Crippen molar-refractivity contribution in [1.29, 1.82) is 0 Å². The van der Waals surface area contributed by atoms with Crippen LogP contribution in [0.25, 0.3) is 93.9 Å². The fourth-order valence-corrected chi connectivity index (χ4v) is 11.0. The van der Waals surface area contributed by atoms with E-state index in [9.17, 15) is 0 Å². The van der Waals surface area contributed by atoms with Gasteiger partial charge < -0.3 is 0 Å². The van der Waals surface area contributed by atoms with Crippen LogP contribution in [0, 0.1) is 0 Å². The Bertz CT molecular complexity index is 2600. The molecule has 0 bridgehead atoms. The Kier molecular flexibility index (Phi) is 5.28. The first-order chi connectivity index (χ1) is 21.8. The third-order valence-electron chi connectivity index (χ3n) is 8.58. The number of benzene rings is 6. The van der Waals surface area contributed by atoms with Gasteiger partial charge in [0.15, 0.2) is 0 Å². The van der Waals surface area contributed by atoms with Crippen LogP contribution in [0.4, 0.5) is 0 Å². The van der Waals surface area contributed by atoms with E-state index in [1.165, 1.54) is 38.6 Å². The van der Waals surface area contributed by atoms with Crippen LogP contribution < -0.4 is 0 Å². The average Bonchev–Trinajstić information content (AvgIpc) is 3.65. The summed E-state index contributed by atoms with van der Waals surface area (Å²) in [6, 6.07) is 39.2. The third-order valence-corrected chi connectivity index (χ3v) is 13.4. The van der Waals surface area contributed by atoms with Crippen molar-refractivity contribution in [2.24, 2.45) is 0 Å². The standard InChI is InChI=1S/C38H20N4Se2/c1-2-8-24-23(7-1)29-19-39-37(21-13-15-33-27(17-21)25-9-3-5-11-31(25)43-33)41-35(29)36-30(24)20-40-38(42-36)22-14-16-34-28(18-22)26-10-4-6-12-32(26)44-34/h1-20H. The van der Waals surface area contributed by atoms with Crippen LogP contribution in [-0.4, -0.2) is 48.9 Å². The molecule has 4 nitrogen and oxygen atoms in total. The van der Waals surface area contributed by atoms with Gasteiger partial charge in [0.1, 0.15) is 0 Å². The molecular weight excluding hydrogens is 670 g/mol. The predicted molar refractivity (Wildman–Crippen MR) is 185 cm³/mol. The Balaban J connectivity index is 1.22. The van der Waals surface area contributed by atoms with Gasteiger partial charge in [0, 0.05) is 0 Å². The van der Waals surface area contributed by atoms with Gasteiger partial charge in [-0.2, -0.15) is 0 Å². The van der Waals surface area contributed by atoms with E-state index in [0.29, 0.717) is 40.7 Å². The van der Waals surface area contributed by atoms with Gasteiger partial charge in [0.05, 0.1) is 0 Å². The molecule has 0 fully saturated rings. The SMILES string of the molecule is c1ccc2c(c1)[se]c1ccc(-c3ncc4c5ccccc5c5cnc(-c6ccc7[se]c8ccccc8c7c6)nc5c4n3)cc12. The molecule has 4 aromatic heterocycles. The Morgan fingerprint density at radius 1 is 0.364 bits per heavy atom. The molecule has 0 unspecified atom stereocenters. The summed E-state index contributed by atoms with van der Waals surface area (Å²) in [5.41, 5.74) is 3.75. The molecule has 0 saturated carbocycles. The van der Waals surface area contributed by atoms with Crippen LogP contribution in [0.3, 0.4) is 0 Å². The van der Waals surface area contributed by atoms with E-state index < -0.39 is 0 Å². The fraction of sp³-hybridized carbons (Fsp3) is 0. The van der Waals surface area contributed by atoms with E-state index in [1.807, 2.05) is 12.4 Å². The van der Waals surface area contributed by atoms with E-state index in [4.69, 9.17) is 19.9 Å². The maximum atomic E-state index is 5.23. The molecule has 204 valence electrons. The van der Waals surface area contributed by atoms with Crippen molar-refractivity contribution in [3.63, 3.8) is 0 Å². The summed E-state index contributed by atoms with van der Waals surface area (Å²) in [6.45, 7) is 0. The van der Waals surface area contributed by atoms with E-state index in [-0.39, 0.29) is 0 Å². The fourth-order valence-electron chi connectivity index (χ4n) is 6.48. The van der Waals surface area contributed by atoms with Crippen molar-refractivity contribution < 1.29 is 0 Å². The molecule has 0 atom stereocenters. The Morgan fingerprint density at radius 2 is 0.773 bits per heavy atom. The quantitative estimate of drug-likeness (QED) is 0.135. The Hall–Kier alpha value is -4.70. The number of hydrogen-bond acceptors (Lipinski definition) is 4. The average molecular weight is 691 g/mol. The van der Waals surface area contributed by atoms with Crippen LogP contribution in [0.2, 0.25) is 0 Å². The first-order valence-corrected chi connectivity index (χ1v) is 17.9. The molecule has 0 amide bonds. The molecule has 44 heavy (non-hydrogen) atoms. The summed E-state index contributed by atoms with van der Waals surface area (Å²) in [6.07, 6.45) is 3.95. The van der Waals surface area contributed by atoms with Gasteiger partial charge in [0.2, 0.25) is 0 Å². The van der Waals surface area contributed by atoms with Crippen LogP contribution in [0.15, 0.2) is 122 Å². The van der Waals surface area contributed by atoms with Crippen molar-refractivity contribution in [1.82, 2.24) is 19.9 Å². The van der Waals surface area contributed by atoms with Gasteiger partial charge in [-0.05, 0) is 0 Å². The molecule has 0 radical (unpaired) electrons. The van der Waals surface area contributed by atoms with Crippen LogP contribution >= 0.6 is 0 Å². The van der Waals surface area contributed by atoms with Crippen molar-refractivity contribution in [2.75, 3.05) is 0 Å². The van der Waals surface area contributed by atoms with Crippen LogP contribution in [0.1, 0.15) is 0 Å². The molecule has 0 aliphatic heterocycles. The van der Waals surface area contributed by atoms with E-state index in [1.54, 1.807) is 0 Å². The number of rotatable bonds is 2. The van der Waals surface area contributed by atoms with E-state index in [0.717, 1.165) is 43.7 Å². The van der Waals surface area contributed by atoms with Crippen molar-refractivity contribution in [2.45, 2.75) is 0 Å². The van der Waals surface area contributed by atoms with Gasteiger partial charge in [-0.1, -0.05) is 0 Å². The summed E-state index contributed by atoms with van der Waals surface area (Å²) in [5, 5.41) is 9.49. The molecule has 6 aromatic carbocycles. The zero-order chi connectivity index (χ0) is 28.8. The number of nitrogens with zero attached hydrogens (tertiary/aromatic N) is 4. The molecule has 0 aliphatic rings. The zero-order valence-electron chi connectivity index (χ0n) is 23.2. The van der Waals surface area contributed by atoms with Crippen molar-refractivity contribution >= 4 is 100 Å². The van der Waals surface area contributed by atoms with E-state index in [2.05, 4.69) is 109 Å². The molecule has 0 saturated heterocycles. The predicted octanol–water partition coefficient (Wildman–Crippen LogP) is 8.79. The zero-order valence-corrected chi connectivity index (χ0v) is 26.6. The second-order valence-electron chi connectivity index (χ2n) is 11.1.